The molecule has 0 aliphatic heterocycles. The summed E-state index contributed by atoms with van der Waals surface area (Å²) in [5.41, 5.74) is 0. The van der Waals surface area contributed by atoms with Crippen LogP contribution in [0, 0.1) is 0 Å². The van der Waals surface area contributed by atoms with E-state index in [-0.39, 0.29) is 31.1 Å². The number of carbonyl (C=O) groups is 3. The third-order valence-electron chi connectivity index (χ3n) is 11.5. The van der Waals surface area contributed by atoms with Crippen LogP contribution in [0.1, 0.15) is 258 Å². The van der Waals surface area contributed by atoms with Crippen molar-refractivity contribution in [3.8, 4) is 0 Å². The third kappa shape index (κ3) is 49.9. The first-order chi connectivity index (χ1) is 31.5. The van der Waals surface area contributed by atoms with Gasteiger partial charge in [0.15, 0.2) is 6.10 Å². The number of hydrogen-bond acceptors (Lipinski definition) is 6. The Kier molecular flexibility index (Phi) is 49.9. The van der Waals surface area contributed by atoms with Crippen molar-refractivity contribution in [3.05, 3.63) is 72.9 Å². The summed E-state index contributed by atoms with van der Waals surface area (Å²) in [7, 11) is 0. The van der Waals surface area contributed by atoms with Crippen LogP contribution >= 0.6 is 0 Å². The molecule has 0 radical (unpaired) electrons. The average molecular weight is 893 g/mol. The lowest BCUT2D eigenvalue weighted by atomic mass is 10.1. The van der Waals surface area contributed by atoms with Gasteiger partial charge in [0.2, 0.25) is 0 Å². The molecular weight excluding hydrogens is 793 g/mol. The highest BCUT2D eigenvalue weighted by Gasteiger charge is 2.19. The summed E-state index contributed by atoms with van der Waals surface area (Å²) in [6.07, 6.45) is 66.0. The predicted octanol–water partition coefficient (Wildman–Crippen LogP) is 17.8. The van der Waals surface area contributed by atoms with Gasteiger partial charge >= 0.3 is 17.9 Å². The minimum absolute atomic E-state index is 0.0940. The van der Waals surface area contributed by atoms with Crippen LogP contribution in [0.15, 0.2) is 72.9 Å². The molecule has 0 amide bonds. The Morgan fingerprint density at radius 1 is 0.328 bits per heavy atom. The molecule has 368 valence electrons. The van der Waals surface area contributed by atoms with Gasteiger partial charge in [0.05, 0.1) is 0 Å². The standard InChI is InChI=1S/C58H100O6/c1-4-7-10-13-16-19-22-25-27-28-29-31-33-36-39-42-45-48-51-57(60)63-54-55(53-62-56(59)50-47-44-41-38-35-32-24-21-18-15-12-9-6-3)64-58(61)52-49-46-43-40-37-34-30-26-23-20-17-14-11-8-5-2/h9,12,15,18,20-21,23-24,29,31-32,35,55H,4-8,10-11,13-14,16-17,19,22,25-28,30,33-34,36-54H2,1-3H3/b12-9+,18-15+,23-20+,24-21+,31-29+,35-32+. The van der Waals surface area contributed by atoms with Crippen LogP contribution in [0.5, 0.6) is 0 Å². The highest BCUT2D eigenvalue weighted by molar-refractivity contribution is 5.71. The lowest BCUT2D eigenvalue weighted by Crippen LogP contribution is -2.30. The van der Waals surface area contributed by atoms with Gasteiger partial charge in [-0.3, -0.25) is 14.4 Å². The summed E-state index contributed by atoms with van der Waals surface area (Å²) in [4.78, 5) is 38.0. The molecule has 0 aromatic carbocycles. The minimum Gasteiger partial charge on any atom is -0.462 e. The van der Waals surface area contributed by atoms with E-state index in [1.54, 1.807) is 0 Å². The van der Waals surface area contributed by atoms with Gasteiger partial charge in [-0.2, -0.15) is 0 Å². The lowest BCUT2D eigenvalue weighted by molar-refractivity contribution is -0.167. The van der Waals surface area contributed by atoms with E-state index < -0.39 is 6.10 Å². The van der Waals surface area contributed by atoms with Crippen molar-refractivity contribution in [2.75, 3.05) is 13.2 Å². The van der Waals surface area contributed by atoms with Crippen LogP contribution in [0.2, 0.25) is 0 Å². The molecular formula is C58H100O6. The number of hydrogen-bond donors (Lipinski definition) is 0. The second kappa shape index (κ2) is 52.5. The molecule has 0 aromatic heterocycles. The van der Waals surface area contributed by atoms with Gasteiger partial charge in [-0.15, -0.1) is 0 Å². The number of rotatable bonds is 48. The number of allylic oxidation sites excluding steroid dienone is 12. The highest BCUT2D eigenvalue weighted by Crippen LogP contribution is 2.15. The van der Waals surface area contributed by atoms with Crippen molar-refractivity contribution < 1.29 is 28.6 Å². The van der Waals surface area contributed by atoms with E-state index in [2.05, 4.69) is 63.3 Å². The number of ether oxygens (including phenoxy) is 3. The molecule has 0 N–H and O–H groups in total. The second-order valence-corrected chi connectivity index (χ2v) is 17.8. The van der Waals surface area contributed by atoms with Crippen molar-refractivity contribution in [3.63, 3.8) is 0 Å². The molecule has 0 aromatic rings. The van der Waals surface area contributed by atoms with Gasteiger partial charge in [0.1, 0.15) is 13.2 Å². The maximum Gasteiger partial charge on any atom is 0.306 e. The normalized spacial score (nSPS) is 12.6. The van der Waals surface area contributed by atoms with Gasteiger partial charge in [0.25, 0.3) is 0 Å². The smallest absolute Gasteiger partial charge is 0.306 e. The average Bonchev–Trinajstić information content (AvgIpc) is 3.29. The number of unbranched alkanes of at least 4 members (excludes halogenated alkanes) is 28. The minimum atomic E-state index is -0.796. The molecule has 0 rings (SSSR count). The zero-order valence-corrected chi connectivity index (χ0v) is 42.0. The molecule has 0 heterocycles. The van der Waals surface area contributed by atoms with Crippen molar-refractivity contribution >= 4 is 17.9 Å². The Morgan fingerprint density at radius 2 is 0.625 bits per heavy atom. The van der Waals surface area contributed by atoms with Gasteiger partial charge in [-0.1, -0.05) is 222 Å². The summed E-state index contributed by atoms with van der Waals surface area (Å²) >= 11 is 0. The van der Waals surface area contributed by atoms with E-state index in [0.717, 1.165) is 77.0 Å². The molecule has 1 unspecified atom stereocenters. The summed E-state index contributed by atoms with van der Waals surface area (Å²) in [5.74, 6) is -0.943. The fourth-order valence-corrected chi connectivity index (χ4v) is 7.44. The summed E-state index contributed by atoms with van der Waals surface area (Å²) < 4.78 is 16.8. The Labute approximate surface area is 395 Å². The van der Waals surface area contributed by atoms with Gasteiger partial charge in [-0.25, -0.2) is 0 Å². The van der Waals surface area contributed by atoms with Crippen molar-refractivity contribution in [1.29, 1.82) is 0 Å². The Balaban J connectivity index is 4.42. The Morgan fingerprint density at radius 3 is 1.03 bits per heavy atom. The largest absolute Gasteiger partial charge is 0.462 e. The summed E-state index contributed by atoms with van der Waals surface area (Å²) in [6.45, 7) is 6.45. The Bertz CT molecular complexity index is 1210. The monoisotopic (exact) mass is 893 g/mol. The van der Waals surface area contributed by atoms with Crippen LogP contribution in [0.3, 0.4) is 0 Å². The van der Waals surface area contributed by atoms with E-state index >= 15 is 0 Å². The molecule has 0 spiro atoms. The second-order valence-electron chi connectivity index (χ2n) is 17.8. The molecule has 0 fully saturated rings. The predicted molar refractivity (Wildman–Crippen MR) is 274 cm³/mol. The molecule has 6 nitrogen and oxygen atoms in total. The summed E-state index contributed by atoms with van der Waals surface area (Å²) in [6, 6.07) is 0. The Hall–Kier alpha value is -3.15. The number of carbonyl (C=O) groups excluding carboxylic acids is 3. The van der Waals surface area contributed by atoms with E-state index in [4.69, 9.17) is 14.2 Å². The van der Waals surface area contributed by atoms with Crippen LogP contribution in [-0.4, -0.2) is 37.2 Å². The van der Waals surface area contributed by atoms with Crippen molar-refractivity contribution in [2.45, 2.75) is 264 Å². The summed E-state index contributed by atoms with van der Waals surface area (Å²) in [5, 5.41) is 0. The van der Waals surface area contributed by atoms with Gasteiger partial charge in [-0.05, 0) is 89.9 Å². The maximum absolute atomic E-state index is 12.8. The number of esters is 3. The molecule has 1 atom stereocenters. The third-order valence-corrected chi connectivity index (χ3v) is 11.5. The van der Waals surface area contributed by atoms with E-state index in [9.17, 15) is 14.4 Å². The molecule has 0 bridgehead atoms. The molecule has 0 saturated carbocycles. The van der Waals surface area contributed by atoms with Crippen LogP contribution in [0.25, 0.3) is 0 Å². The zero-order valence-electron chi connectivity index (χ0n) is 42.0. The molecule has 0 saturated heterocycles. The van der Waals surface area contributed by atoms with Crippen molar-refractivity contribution in [2.24, 2.45) is 0 Å². The molecule has 64 heavy (non-hydrogen) atoms. The molecule has 0 aliphatic carbocycles. The van der Waals surface area contributed by atoms with Crippen molar-refractivity contribution in [1.82, 2.24) is 0 Å². The first-order valence-corrected chi connectivity index (χ1v) is 27.0. The molecule has 6 heteroatoms. The van der Waals surface area contributed by atoms with E-state index in [1.165, 1.54) is 141 Å². The molecule has 0 aliphatic rings. The van der Waals surface area contributed by atoms with Crippen LogP contribution < -0.4 is 0 Å². The lowest BCUT2D eigenvalue weighted by Gasteiger charge is -2.18. The van der Waals surface area contributed by atoms with Crippen LogP contribution in [0.4, 0.5) is 0 Å². The maximum atomic E-state index is 12.8. The quantitative estimate of drug-likeness (QED) is 0.0199. The van der Waals surface area contributed by atoms with E-state index in [0.29, 0.717) is 19.3 Å². The first-order valence-electron chi connectivity index (χ1n) is 27.0. The SMILES string of the molecule is CC/C=C/C=C/C=C/C=C/CCCCCC(=O)OCC(COC(=O)CCCCCCC/C=C/CCCCCCCCCCC)OC(=O)CCCCCCCCC/C=C/CCCCCC. The topological polar surface area (TPSA) is 78.9 Å². The van der Waals surface area contributed by atoms with Gasteiger partial charge < -0.3 is 14.2 Å². The van der Waals surface area contributed by atoms with E-state index in [1.807, 2.05) is 30.4 Å². The zero-order chi connectivity index (χ0) is 46.5. The van der Waals surface area contributed by atoms with Gasteiger partial charge in [0, 0.05) is 19.3 Å². The fourth-order valence-electron chi connectivity index (χ4n) is 7.44. The first kappa shape index (κ1) is 60.9. The van der Waals surface area contributed by atoms with Crippen LogP contribution in [-0.2, 0) is 28.6 Å². The fraction of sp³-hybridized carbons (Fsp3) is 0.741. The highest BCUT2D eigenvalue weighted by atomic mass is 16.6.